The molecule has 0 unspecified atom stereocenters. The van der Waals surface area contributed by atoms with E-state index >= 15 is 0 Å². The molecule has 172 valence electrons. The van der Waals surface area contributed by atoms with Crippen molar-refractivity contribution >= 4 is 29.6 Å². The highest BCUT2D eigenvalue weighted by atomic mass is 16.5. The number of esters is 1. The minimum absolute atomic E-state index is 0.184. The van der Waals surface area contributed by atoms with E-state index in [1.165, 1.54) is 0 Å². The van der Waals surface area contributed by atoms with Gasteiger partial charge >= 0.3 is 5.97 Å². The monoisotopic (exact) mass is 448 g/mol. The van der Waals surface area contributed by atoms with Crippen LogP contribution in [0.15, 0.2) is 66.2 Å². The highest BCUT2D eigenvalue weighted by molar-refractivity contribution is 6.02. The first kappa shape index (κ1) is 23.9. The Morgan fingerprint density at radius 2 is 1.76 bits per heavy atom. The first-order valence-electron chi connectivity index (χ1n) is 11.1. The van der Waals surface area contributed by atoms with Crippen LogP contribution in [-0.4, -0.2) is 42.3 Å². The van der Waals surface area contributed by atoms with Crippen LogP contribution in [0.1, 0.15) is 37.3 Å². The maximum atomic E-state index is 13.3. The van der Waals surface area contributed by atoms with Crippen molar-refractivity contribution in [2.45, 2.75) is 44.7 Å². The molecule has 0 spiro atoms. The molecule has 0 aliphatic carbocycles. The van der Waals surface area contributed by atoms with Crippen LogP contribution in [0.5, 0.6) is 0 Å². The lowest BCUT2D eigenvalue weighted by atomic mass is 9.96. The number of hydrogen-bond acceptors (Lipinski definition) is 5. The van der Waals surface area contributed by atoms with Gasteiger partial charge in [0.15, 0.2) is 5.78 Å². The van der Waals surface area contributed by atoms with Crippen LogP contribution >= 0.6 is 0 Å². The van der Waals surface area contributed by atoms with Crippen LogP contribution in [0, 0.1) is 0 Å². The number of ketones is 1. The van der Waals surface area contributed by atoms with Gasteiger partial charge in [-0.15, -0.1) is 0 Å². The number of nitrogens with one attached hydrogen (secondary N) is 2. The number of Topliss-reactive ketones (excluding diaryl/α,β-unsaturated/α-hetero) is 1. The molecule has 0 radical (unpaired) electrons. The minimum Gasteiger partial charge on any atom is -0.463 e. The number of carbonyl (C=O) groups is 4. The van der Waals surface area contributed by atoms with E-state index < -0.39 is 24.0 Å². The molecule has 1 aliphatic rings. The first-order chi connectivity index (χ1) is 16.0. The third-order valence-electron chi connectivity index (χ3n) is 5.34. The van der Waals surface area contributed by atoms with Crippen molar-refractivity contribution < 1.29 is 23.9 Å². The number of benzene rings is 2. The van der Waals surface area contributed by atoms with Gasteiger partial charge < -0.3 is 15.4 Å². The standard InChI is InChI=1S/C26H28N2O5/c1-2-33-26(32)20(15-18-9-5-3-6-10-18)17-23(29)22(16-19-11-7-4-8-12-19)28-25(31)21-13-14-24(30)27-21/h3-12,15,21-22H,2,13-14,16-17H2,1H3,(H,27,30)(H,28,31)/b20-15-/t21-,22+/m1/s1. The molecular weight excluding hydrogens is 420 g/mol. The summed E-state index contributed by atoms with van der Waals surface area (Å²) in [6.07, 6.45) is 2.38. The van der Waals surface area contributed by atoms with E-state index in [1.54, 1.807) is 13.0 Å². The molecule has 0 bridgehead atoms. The predicted molar refractivity (Wildman–Crippen MR) is 124 cm³/mol. The highest BCUT2D eigenvalue weighted by Crippen LogP contribution is 2.16. The van der Waals surface area contributed by atoms with Gasteiger partial charge in [-0.1, -0.05) is 60.7 Å². The summed E-state index contributed by atoms with van der Waals surface area (Å²) in [5.74, 6) is -1.47. The van der Waals surface area contributed by atoms with Gasteiger partial charge in [-0.3, -0.25) is 14.4 Å². The van der Waals surface area contributed by atoms with Gasteiger partial charge in [-0.2, -0.15) is 0 Å². The van der Waals surface area contributed by atoms with Gasteiger partial charge in [0.25, 0.3) is 0 Å². The fraction of sp³-hybridized carbons (Fsp3) is 0.308. The van der Waals surface area contributed by atoms with E-state index in [9.17, 15) is 19.2 Å². The van der Waals surface area contributed by atoms with Crippen LogP contribution in [-0.2, 0) is 30.3 Å². The molecule has 1 aliphatic heterocycles. The van der Waals surface area contributed by atoms with Gasteiger partial charge in [0.1, 0.15) is 6.04 Å². The molecule has 3 rings (SSSR count). The third kappa shape index (κ3) is 7.14. The van der Waals surface area contributed by atoms with E-state index in [4.69, 9.17) is 4.74 Å². The molecule has 33 heavy (non-hydrogen) atoms. The summed E-state index contributed by atoms with van der Waals surface area (Å²) in [5, 5.41) is 5.41. The molecule has 1 fully saturated rings. The summed E-state index contributed by atoms with van der Waals surface area (Å²) in [4.78, 5) is 50.1. The molecular formula is C26H28N2O5. The zero-order chi connectivity index (χ0) is 23.6. The SMILES string of the molecule is CCOC(=O)/C(=C\c1ccccc1)CC(=O)[C@H](Cc1ccccc1)NC(=O)[C@H]1CCC(=O)N1. The van der Waals surface area contributed by atoms with Crippen LogP contribution in [0.2, 0.25) is 0 Å². The second-order valence-electron chi connectivity index (χ2n) is 7.85. The van der Waals surface area contributed by atoms with Crippen molar-refractivity contribution in [3.8, 4) is 0 Å². The van der Waals surface area contributed by atoms with E-state index in [0.717, 1.165) is 11.1 Å². The summed E-state index contributed by atoms with van der Waals surface area (Å²) in [7, 11) is 0. The summed E-state index contributed by atoms with van der Waals surface area (Å²) >= 11 is 0. The molecule has 2 amide bonds. The molecule has 2 N–H and O–H groups in total. The summed E-state index contributed by atoms with van der Waals surface area (Å²) < 4.78 is 5.16. The molecule has 0 saturated carbocycles. The number of rotatable bonds is 10. The van der Waals surface area contributed by atoms with E-state index in [2.05, 4.69) is 10.6 Å². The Morgan fingerprint density at radius 1 is 1.09 bits per heavy atom. The molecule has 7 heteroatoms. The molecule has 2 aromatic carbocycles. The summed E-state index contributed by atoms with van der Waals surface area (Å²) in [6, 6.07) is 17.0. The van der Waals surface area contributed by atoms with Gasteiger partial charge in [-0.05, 0) is 37.0 Å². The Kier molecular flexibility index (Phi) is 8.52. The van der Waals surface area contributed by atoms with Gasteiger partial charge in [0.2, 0.25) is 11.8 Å². The second-order valence-corrected chi connectivity index (χ2v) is 7.85. The largest absolute Gasteiger partial charge is 0.463 e. The van der Waals surface area contributed by atoms with Crippen LogP contribution < -0.4 is 10.6 Å². The van der Waals surface area contributed by atoms with Gasteiger partial charge in [0.05, 0.1) is 12.6 Å². The smallest absolute Gasteiger partial charge is 0.334 e. The molecule has 1 saturated heterocycles. The second kappa shape index (κ2) is 11.8. The first-order valence-corrected chi connectivity index (χ1v) is 11.1. The Bertz CT molecular complexity index is 1020. The summed E-state index contributed by atoms with van der Waals surface area (Å²) in [5.41, 5.74) is 1.86. The van der Waals surface area contributed by atoms with Crippen molar-refractivity contribution in [1.29, 1.82) is 0 Å². The van der Waals surface area contributed by atoms with Gasteiger partial charge in [0, 0.05) is 18.4 Å². The molecule has 2 atom stereocenters. The Hall–Kier alpha value is -3.74. The number of ether oxygens (including phenoxy) is 1. The topological polar surface area (TPSA) is 102 Å². The normalized spacial score (nSPS) is 16.6. The van der Waals surface area contributed by atoms with E-state index in [-0.39, 0.29) is 43.1 Å². The predicted octanol–water partition coefficient (Wildman–Crippen LogP) is 2.60. The third-order valence-corrected chi connectivity index (χ3v) is 5.34. The number of carbonyl (C=O) groups excluding carboxylic acids is 4. The fourth-order valence-electron chi connectivity index (χ4n) is 3.65. The molecule has 0 aromatic heterocycles. The number of amides is 2. The Morgan fingerprint density at radius 3 is 2.36 bits per heavy atom. The zero-order valence-electron chi connectivity index (χ0n) is 18.6. The average molecular weight is 449 g/mol. The van der Waals surface area contributed by atoms with Gasteiger partial charge in [-0.25, -0.2) is 4.79 Å². The lowest BCUT2D eigenvalue weighted by molar-refractivity contribution is -0.139. The molecule has 2 aromatic rings. The summed E-state index contributed by atoms with van der Waals surface area (Å²) in [6.45, 7) is 1.89. The van der Waals surface area contributed by atoms with Crippen molar-refractivity contribution in [2.24, 2.45) is 0 Å². The van der Waals surface area contributed by atoms with Crippen LogP contribution in [0.3, 0.4) is 0 Å². The Labute approximate surface area is 193 Å². The Balaban J connectivity index is 1.81. The van der Waals surface area contributed by atoms with Crippen LogP contribution in [0.4, 0.5) is 0 Å². The quantitative estimate of drug-likeness (QED) is 0.430. The lowest BCUT2D eigenvalue weighted by Crippen LogP contribution is -2.49. The number of hydrogen-bond donors (Lipinski definition) is 2. The maximum Gasteiger partial charge on any atom is 0.334 e. The van der Waals surface area contributed by atoms with Crippen molar-refractivity contribution in [3.63, 3.8) is 0 Å². The zero-order valence-corrected chi connectivity index (χ0v) is 18.6. The van der Waals surface area contributed by atoms with E-state index in [0.29, 0.717) is 6.42 Å². The van der Waals surface area contributed by atoms with Crippen LogP contribution in [0.25, 0.3) is 6.08 Å². The molecule has 1 heterocycles. The van der Waals surface area contributed by atoms with Crippen molar-refractivity contribution in [1.82, 2.24) is 10.6 Å². The fourth-order valence-corrected chi connectivity index (χ4v) is 3.65. The lowest BCUT2D eigenvalue weighted by Gasteiger charge is -2.21. The average Bonchev–Trinajstić information content (AvgIpc) is 3.26. The van der Waals surface area contributed by atoms with Crippen molar-refractivity contribution in [3.05, 3.63) is 77.4 Å². The van der Waals surface area contributed by atoms with E-state index in [1.807, 2.05) is 60.7 Å². The minimum atomic E-state index is -0.856. The maximum absolute atomic E-state index is 13.3. The van der Waals surface area contributed by atoms with Crippen molar-refractivity contribution in [2.75, 3.05) is 6.61 Å². The molecule has 7 nitrogen and oxygen atoms in total. The highest BCUT2D eigenvalue weighted by Gasteiger charge is 2.31.